The highest BCUT2D eigenvalue weighted by Gasteiger charge is 2.07. The Morgan fingerprint density at radius 1 is 1.41 bits per heavy atom. The van der Waals surface area contributed by atoms with Crippen LogP contribution in [0.4, 0.5) is 0 Å². The zero-order chi connectivity index (χ0) is 16.2. The Hall–Kier alpha value is -2.13. The van der Waals surface area contributed by atoms with Crippen molar-refractivity contribution >= 4 is 27.0 Å². The number of H-pyrrole nitrogens is 1. The first-order chi connectivity index (χ1) is 10.4. The Morgan fingerprint density at radius 3 is 2.86 bits per heavy atom. The van der Waals surface area contributed by atoms with Crippen LogP contribution in [0, 0.1) is 0 Å². The van der Waals surface area contributed by atoms with Crippen LogP contribution in [-0.4, -0.2) is 44.2 Å². The monoisotopic (exact) mass is 326 g/mol. The molecule has 0 aliphatic carbocycles. The number of carbonyl (C=O) groups is 1. The van der Waals surface area contributed by atoms with Crippen LogP contribution >= 0.6 is 0 Å². The van der Waals surface area contributed by atoms with E-state index < -0.39 is 10.0 Å². The van der Waals surface area contributed by atoms with Crippen LogP contribution in [0.2, 0.25) is 0 Å². The minimum atomic E-state index is -3.27. The lowest BCUT2D eigenvalue weighted by Crippen LogP contribution is -2.30. The van der Waals surface area contributed by atoms with Gasteiger partial charge in [-0.15, -0.1) is 0 Å². The summed E-state index contributed by atoms with van der Waals surface area (Å²) in [5.41, 5.74) is 1.60. The molecule has 0 radical (unpaired) electrons. The first-order valence-electron chi connectivity index (χ1n) is 6.61. The molecule has 120 valence electrons. The molecule has 0 bridgehead atoms. The van der Waals surface area contributed by atoms with Gasteiger partial charge in [0.05, 0.1) is 30.9 Å². The molecule has 0 spiro atoms. The zero-order valence-corrected chi connectivity index (χ0v) is 13.2. The molecule has 1 heterocycles. The highest BCUT2D eigenvalue weighted by atomic mass is 32.2. The van der Waals surface area contributed by atoms with Gasteiger partial charge in [-0.3, -0.25) is 4.79 Å². The molecule has 0 aliphatic heterocycles. The van der Waals surface area contributed by atoms with Crippen molar-refractivity contribution in [3.63, 3.8) is 0 Å². The third-order valence-corrected chi connectivity index (χ3v) is 3.64. The summed E-state index contributed by atoms with van der Waals surface area (Å²) < 4.78 is 29.1. The first kappa shape index (κ1) is 16.2. The molecule has 8 nitrogen and oxygen atoms in total. The first-order valence-corrected chi connectivity index (χ1v) is 8.50. The number of ether oxygens (including phenoxy) is 1. The highest BCUT2D eigenvalue weighted by Crippen LogP contribution is 2.18. The van der Waals surface area contributed by atoms with Crippen LogP contribution in [-0.2, 0) is 21.4 Å². The van der Waals surface area contributed by atoms with Crippen molar-refractivity contribution in [1.29, 1.82) is 0 Å². The van der Waals surface area contributed by atoms with E-state index in [-0.39, 0.29) is 25.4 Å². The minimum absolute atomic E-state index is 0.0706. The molecule has 0 saturated heterocycles. The number of carbonyl (C=O) groups excluding carboxylic acids is 1. The summed E-state index contributed by atoms with van der Waals surface area (Å²) in [7, 11) is -1.68. The fourth-order valence-corrected chi connectivity index (χ4v) is 2.35. The van der Waals surface area contributed by atoms with Crippen LogP contribution in [0.3, 0.4) is 0 Å². The van der Waals surface area contributed by atoms with Gasteiger partial charge in [0.15, 0.2) is 0 Å². The van der Waals surface area contributed by atoms with Crippen LogP contribution in [0.1, 0.15) is 12.2 Å². The van der Waals surface area contributed by atoms with E-state index in [0.717, 1.165) is 23.0 Å². The Labute approximate surface area is 128 Å². The van der Waals surface area contributed by atoms with Gasteiger partial charge in [-0.2, -0.15) is 0 Å². The molecule has 2 aromatic rings. The van der Waals surface area contributed by atoms with Gasteiger partial charge in [0, 0.05) is 19.0 Å². The number of benzene rings is 1. The number of rotatable bonds is 7. The molecule has 0 aliphatic rings. The van der Waals surface area contributed by atoms with Gasteiger partial charge in [0.1, 0.15) is 11.6 Å². The summed E-state index contributed by atoms with van der Waals surface area (Å²) in [5, 5.41) is 2.68. The fraction of sp³-hybridized carbons (Fsp3) is 0.385. The predicted octanol–water partition coefficient (Wildman–Crippen LogP) is 0.127. The maximum absolute atomic E-state index is 11.6. The number of nitrogens with one attached hydrogen (secondary N) is 3. The van der Waals surface area contributed by atoms with Gasteiger partial charge in [-0.05, 0) is 12.1 Å². The molecule has 1 aromatic carbocycles. The van der Waals surface area contributed by atoms with Crippen LogP contribution in [0.5, 0.6) is 5.75 Å². The topological polar surface area (TPSA) is 113 Å². The molecule has 9 heteroatoms. The number of imidazole rings is 1. The van der Waals surface area contributed by atoms with Crippen molar-refractivity contribution < 1.29 is 17.9 Å². The second-order valence-electron chi connectivity index (χ2n) is 4.76. The third kappa shape index (κ3) is 4.71. The molecule has 2 rings (SSSR count). The molecule has 0 saturated carbocycles. The Morgan fingerprint density at radius 2 is 2.18 bits per heavy atom. The number of amides is 1. The van der Waals surface area contributed by atoms with Gasteiger partial charge in [0.25, 0.3) is 0 Å². The summed E-state index contributed by atoms with van der Waals surface area (Å²) >= 11 is 0. The van der Waals surface area contributed by atoms with Crippen LogP contribution in [0.25, 0.3) is 11.0 Å². The fourth-order valence-electron chi connectivity index (χ4n) is 1.87. The molecule has 0 atom stereocenters. The number of sulfonamides is 1. The quantitative estimate of drug-likeness (QED) is 0.669. The maximum atomic E-state index is 11.6. The van der Waals surface area contributed by atoms with Crippen molar-refractivity contribution in [3.8, 4) is 5.75 Å². The second kappa shape index (κ2) is 6.75. The molecule has 0 unspecified atom stereocenters. The summed E-state index contributed by atoms with van der Waals surface area (Å²) in [6, 6.07) is 5.46. The summed E-state index contributed by atoms with van der Waals surface area (Å²) in [4.78, 5) is 19.0. The van der Waals surface area contributed by atoms with Gasteiger partial charge in [0.2, 0.25) is 15.9 Å². The summed E-state index contributed by atoms with van der Waals surface area (Å²) in [5.74, 6) is 1.08. The Bertz CT molecular complexity index is 769. The van der Waals surface area contributed by atoms with Crippen LogP contribution < -0.4 is 14.8 Å². The SMILES string of the molecule is COc1ccc2nc(CNC(=O)CCNS(C)(=O)=O)[nH]c2c1. The van der Waals surface area contributed by atoms with Crippen molar-refractivity contribution in [2.24, 2.45) is 0 Å². The van der Waals surface area contributed by atoms with Crippen LogP contribution in [0.15, 0.2) is 18.2 Å². The van der Waals surface area contributed by atoms with Crippen molar-refractivity contribution in [1.82, 2.24) is 20.0 Å². The lowest BCUT2D eigenvalue weighted by atomic mass is 10.3. The molecular weight excluding hydrogens is 308 g/mol. The van der Waals surface area contributed by atoms with E-state index >= 15 is 0 Å². The molecule has 1 amide bonds. The van der Waals surface area contributed by atoms with E-state index in [4.69, 9.17) is 4.74 Å². The third-order valence-electron chi connectivity index (χ3n) is 2.91. The number of nitrogens with zero attached hydrogens (tertiary/aromatic N) is 1. The van der Waals surface area contributed by atoms with Gasteiger partial charge in [-0.25, -0.2) is 18.1 Å². The number of hydrogen-bond acceptors (Lipinski definition) is 5. The number of aromatic nitrogens is 2. The zero-order valence-electron chi connectivity index (χ0n) is 12.3. The van der Waals surface area contributed by atoms with E-state index in [1.165, 1.54) is 0 Å². The lowest BCUT2D eigenvalue weighted by Gasteiger charge is -2.03. The average molecular weight is 326 g/mol. The number of aromatic amines is 1. The lowest BCUT2D eigenvalue weighted by molar-refractivity contribution is -0.121. The van der Waals surface area contributed by atoms with E-state index in [2.05, 4.69) is 20.0 Å². The van der Waals surface area contributed by atoms with Gasteiger partial charge < -0.3 is 15.0 Å². The number of fused-ring (bicyclic) bond motifs is 1. The van der Waals surface area contributed by atoms with E-state index in [1.807, 2.05) is 18.2 Å². The molecule has 22 heavy (non-hydrogen) atoms. The maximum Gasteiger partial charge on any atom is 0.221 e. The van der Waals surface area contributed by atoms with Gasteiger partial charge in [-0.1, -0.05) is 0 Å². The molecular formula is C13H18N4O4S. The second-order valence-corrected chi connectivity index (χ2v) is 6.59. The van der Waals surface area contributed by atoms with E-state index in [1.54, 1.807) is 7.11 Å². The summed E-state index contributed by atoms with van der Waals surface area (Å²) in [6.07, 6.45) is 1.12. The average Bonchev–Trinajstić information content (AvgIpc) is 2.85. The molecule has 0 fully saturated rings. The smallest absolute Gasteiger partial charge is 0.221 e. The normalized spacial score (nSPS) is 11.5. The van der Waals surface area contributed by atoms with Gasteiger partial charge >= 0.3 is 0 Å². The molecule has 3 N–H and O–H groups in total. The predicted molar refractivity (Wildman–Crippen MR) is 82.0 cm³/mol. The Balaban J connectivity index is 1.87. The standard InChI is InChI=1S/C13H18N4O4S/c1-21-9-3-4-10-11(7-9)17-12(16-10)8-14-13(18)5-6-15-22(2,19)20/h3-4,7,15H,5-6,8H2,1-2H3,(H,14,18)(H,16,17). The Kier molecular flexibility index (Phi) is 4.99. The van der Waals surface area contributed by atoms with E-state index in [0.29, 0.717) is 5.82 Å². The van der Waals surface area contributed by atoms with Crippen molar-refractivity contribution in [2.45, 2.75) is 13.0 Å². The number of hydrogen-bond donors (Lipinski definition) is 3. The summed E-state index contributed by atoms with van der Waals surface area (Å²) in [6.45, 7) is 0.316. The largest absolute Gasteiger partial charge is 0.497 e. The van der Waals surface area contributed by atoms with E-state index in [9.17, 15) is 13.2 Å². The molecule has 1 aromatic heterocycles. The van der Waals surface area contributed by atoms with Crippen molar-refractivity contribution in [2.75, 3.05) is 19.9 Å². The highest BCUT2D eigenvalue weighted by molar-refractivity contribution is 7.88. The minimum Gasteiger partial charge on any atom is -0.497 e. The van der Waals surface area contributed by atoms with Crippen molar-refractivity contribution in [3.05, 3.63) is 24.0 Å². The number of methoxy groups -OCH3 is 1.